The van der Waals surface area contributed by atoms with E-state index in [9.17, 15) is 9.59 Å². The molecule has 4 heteroatoms. The molecule has 0 radical (unpaired) electrons. The maximum atomic E-state index is 12.6. The zero-order chi connectivity index (χ0) is 14.1. The van der Waals surface area contributed by atoms with Gasteiger partial charge >= 0.3 is 0 Å². The van der Waals surface area contributed by atoms with Crippen molar-refractivity contribution in [3.63, 3.8) is 0 Å². The summed E-state index contributed by atoms with van der Waals surface area (Å²) in [5, 5.41) is 0. The molecule has 1 aromatic heterocycles. The highest BCUT2D eigenvalue weighted by molar-refractivity contribution is 6.17. The molecule has 0 fully saturated rings. The third kappa shape index (κ3) is 1.93. The van der Waals surface area contributed by atoms with Crippen molar-refractivity contribution in [3.05, 3.63) is 54.0 Å². The molecule has 0 aliphatic carbocycles. The Morgan fingerprint density at radius 3 is 2.70 bits per heavy atom. The Hall–Kier alpha value is -2.36. The topological polar surface area (TPSA) is 56.5 Å². The van der Waals surface area contributed by atoms with E-state index in [1.165, 1.54) is 6.26 Å². The normalized spacial score (nSPS) is 21.1. The Labute approximate surface area is 116 Å². The van der Waals surface area contributed by atoms with Crippen LogP contribution >= 0.6 is 0 Å². The van der Waals surface area contributed by atoms with Crippen LogP contribution in [0, 0.1) is 5.92 Å². The predicted octanol–water partition coefficient (Wildman–Crippen LogP) is 3.13. The monoisotopic (exact) mass is 270 g/mol. The maximum Gasteiger partial charge on any atom is 0.212 e. The average Bonchev–Trinajstić information content (AvgIpc) is 3.00. The number of carbonyl (C=O) groups excluding carboxylic acids is 2. The van der Waals surface area contributed by atoms with Crippen LogP contribution < -0.4 is 4.74 Å². The SMILES string of the molecule is CC[C@@H]1Oc2ccccc2C(=O)[C@@H]1C(=O)c1ccco1. The first-order valence-electron chi connectivity index (χ1n) is 6.60. The molecule has 0 spiro atoms. The van der Waals surface area contributed by atoms with Gasteiger partial charge < -0.3 is 9.15 Å². The molecule has 0 bridgehead atoms. The molecule has 4 nitrogen and oxygen atoms in total. The van der Waals surface area contributed by atoms with Crippen LogP contribution in [0.5, 0.6) is 5.75 Å². The molecule has 2 aromatic rings. The molecule has 0 N–H and O–H groups in total. The maximum absolute atomic E-state index is 12.6. The minimum atomic E-state index is -0.832. The van der Waals surface area contributed by atoms with Gasteiger partial charge in [-0.05, 0) is 30.7 Å². The van der Waals surface area contributed by atoms with Gasteiger partial charge in [0.15, 0.2) is 11.5 Å². The van der Waals surface area contributed by atoms with E-state index in [1.807, 2.05) is 13.0 Å². The smallest absolute Gasteiger partial charge is 0.212 e. The highest BCUT2D eigenvalue weighted by Gasteiger charge is 2.42. The molecule has 0 saturated heterocycles. The van der Waals surface area contributed by atoms with Gasteiger partial charge in [-0.2, -0.15) is 0 Å². The molecular weight excluding hydrogens is 256 g/mol. The van der Waals surface area contributed by atoms with E-state index in [-0.39, 0.29) is 17.3 Å². The van der Waals surface area contributed by atoms with Crippen LogP contribution in [0.4, 0.5) is 0 Å². The number of benzene rings is 1. The minimum absolute atomic E-state index is 0.194. The van der Waals surface area contributed by atoms with E-state index in [0.717, 1.165) is 0 Å². The summed E-state index contributed by atoms with van der Waals surface area (Å²) in [6.45, 7) is 1.90. The summed E-state index contributed by atoms with van der Waals surface area (Å²) in [4.78, 5) is 25.0. The second-order valence-corrected chi connectivity index (χ2v) is 4.74. The molecule has 3 rings (SSSR count). The molecule has 0 unspecified atom stereocenters. The Bertz CT molecular complexity index is 642. The van der Waals surface area contributed by atoms with E-state index in [4.69, 9.17) is 9.15 Å². The summed E-state index contributed by atoms with van der Waals surface area (Å²) in [6.07, 6.45) is 1.56. The quantitative estimate of drug-likeness (QED) is 0.635. The van der Waals surface area contributed by atoms with E-state index >= 15 is 0 Å². The third-order valence-electron chi connectivity index (χ3n) is 3.53. The molecule has 1 aliphatic heterocycles. The summed E-state index contributed by atoms with van der Waals surface area (Å²) in [5.41, 5.74) is 0.460. The van der Waals surface area contributed by atoms with E-state index in [0.29, 0.717) is 17.7 Å². The van der Waals surface area contributed by atoms with Crippen molar-refractivity contribution in [1.82, 2.24) is 0 Å². The largest absolute Gasteiger partial charge is 0.488 e. The van der Waals surface area contributed by atoms with E-state index in [1.54, 1.807) is 30.3 Å². The zero-order valence-electron chi connectivity index (χ0n) is 11.0. The summed E-state index contributed by atoms with van der Waals surface area (Å²) in [5.74, 6) is -0.597. The molecule has 2 atom stereocenters. The van der Waals surface area contributed by atoms with Crippen molar-refractivity contribution < 1.29 is 18.7 Å². The lowest BCUT2D eigenvalue weighted by molar-refractivity contribution is 0.0549. The molecule has 1 aromatic carbocycles. The van der Waals surface area contributed by atoms with E-state index in [2.05, 4.69) is 0 Å². The average molecular weight is 270 g/mol. The molecule has 0 amide bonds. The van der Waals surface area contributed by atoms with Gasteiger partial charge in [-0.25, -0.2) is 0 Å². The summed E-state index contributed by atoms with van der Waals surface area (Å²) < 4.78 is 10.9. The highest BCUT2D eigenvalue weighted by atomic mass is 16.5. The molecule has 1 aliphatic rings. The number of para-hydroxylation sites is 1. The number of ether oxygens (including phenoxy) is 1. The van der Waals surface area contributed by atoms with Gasteiger partial charge in [-0.1, -0.05) is 19.1 Å². The molecule has 2 heterocycles. The standard InChI is InChI=1S/C16H14O4/c1-2-11-14(16(18)13-8-5-9-19-13)15(17)10-6-3-4-7-12(10)20-11/h3-9,11,14H,2H2,1H3/t11-,14+/m0/s1. The van der Waals surface area contributed by atoms with Gasteiger partial charge in [-0.15, -0.1) is 0 Å². The number of hydrogen-bond donors (Lipinski definition) is 0. The molecule has 0 saturated carbocycles. The number of Topliss-reactive ketones (excluding diaryl/α,β-unsaturated/α-hetero) is 2. The van der Waals surface area contributed by atoms with Crippen molar-refractivity contribution in [2.75, 3.05) is 0 Å². The Morgan fingerprint density at radius 1 is 1.20 bits per heavy atom. The van der Waals surface area contributed by atoms with Crippen LogP contribution in [0.3, 0.4) is 0 Å². The first kappa shape index (κ1) is 12.7. The summed E-state index contributed by atoms with van der Waals surface area (Å²) in [7, 11) is 0. The number of rotatable bonds is 3. The van der Waals surface area contributed by atoms with Gasteiger partial charge in [0, 0.05) is 0 Å². The van der Waals surface area contributed by atoms with Crippen molar-refractivity contribution in [2.45, 2.75) is 19.4 Å². The second kappa shape index (κ2) is 4.96. The molecule has 20 heavy (non-hydrogen) atoms. The number of fused-ring (bicyclic) bond motifs is 1. The first-order chi connectivity index (χ1) is 9.72. The molecular formula is C16H14O4. The fourth-order valence-corrected chi connectivity index (χ4v) is 2.52. The fraction of sp³-hybridized carbons (Fsp3) is 0.250. The van der Waals surface area contributed by atoms with Crippen LogP contribution in [0.25, 0.3) is 0 Å². The van der Waals surface area contributed by atoms with Gasteiger partial charge in [0.1, 0.15) is 17.8 Å². The number of ketones is 2. The van der Waals surface area contributed by atoms with E-state index < -0.39 is 12.0 Å². The number of carbonyl (C=O) groups is 2. The minimum Gasteiger partial charge on any atom is -0.488 e. The third-order valence-corrected chi connectivity index (χ3v) is 3.53. The van der Waals surface area contributed by atoms with Crippen molar-refractivity contribution >= 4 is 11.6 Å². The second-order valence-electron chi connectivity index (χ2n) is 4.74. The van der Waals surface area contributed by atoms with Gasteiger partial charge in [0.05, 0.1) is 11.8 Å². The van der Waals surface area contributed by atoms with Crippen LogP contribution in [0.15, 0.2) is 47.1 Å². The molecule has 102 valence electrons. The van der Waals surface area contributed by atoms with Crippen LogP contribution in [-0.2, 0) is 0 Å². The van der Waals surface area contributed by atoms with Gasteiger partial charge in [-0.3, -0.25) is 9.59 Å². The highest BCUT2D eigenvalue weighted by Crippen LogP contribution is 2.33. The lowest BCUT2D eigenvalue weighted by Gasteiger charge is -2.30. The van der Waals surface area contributed by atoms with Crippen LogP contribution in [0.2, 0.25) is 0 Å². The lowest BCUT2D eigenvalue weighted by atomic mass is 9.84. The Kier molecular flexibility index (Phi) is 3.14. The zero-order valence-corrected chi connectivity index (χ0v) is 11.0. The van der Waals surface area contributed by atoms with Crippen molar-refractivity contribution in [3.8, 4) is 5.75 Å². The number of hydrogen-bond acceptors (Lipinski definition) is 4. The summed E-state index contributed by atoms with van der Waals surface area (Å²) in [6, 6.07) is 10.2. The first-order valence-corrected chi connectivity index (χ1v) is 6.60. The fourth-order valence-electron chi connectivity index (χ4n) is 2.52. The van der Waals surface area contributed by atoms with Crippen molar-refractivity contribution in [2.24, 2.45) is 5.92 Å². The van der Waals surface area contributed by atoms with Gasteiger partial charge in [0.2, 0.25) is 5.78 Å². The Morgan fingerprint density at radius 2 is 2.00 bits per heavy atom. The van der Waals surface area contributed by atoms with Crippen molar-refractivity contribution in [1.29, 1.82) is 0 Å². The van der Waals surface area contributed by atoms with Crippen LogP contribution in [-0.4, -0.2) is 17.7 Å². The Balaban J connectivity index is 2.02. The summed E-state index contributed by atoms with van der Waals surface area (Å²) >= 11 is 0. The van der Waals surface area contributed by atoms with Crippen LogP contribution in [0.1, 0.15) is 34.3 Å². The van der Waals surface area contributed by atoms with Gasteiger partial charge in [0.25, 0.3) is 0 Å². The predicted molar refractivity (Wildman–Crippen MR) is 72.0 cm³/mol. The number of furan rings is 1. The lowest BCUT2D eigenvalue weighted by Crippen LogP contribution is -2.42.